The van der Waals surface area contributed by atoms with Crippen LogP contribution in [0.15, 0.2) is 176 Å². The molecule has 0 aromatic carbocycles. The number of hydrogen-bond acceptors (Lipinski definition) is 14. The topological polar surface area (TPSA) is 288 Å². The molecule has 10 N–H and O–H groups in total. The van der Waals surface area contributed by atoms with Gasteiger partial charge in [-0.15, -0.1) is 0 Å². The first-order valence-electron chi connectivity index (χ1n) is 38.3. The van der Waals surface area contributed by atoms with Gasteiger partial charge in [0.1, 0.15) is 23.3 Å². The zero-order valence-electron chi connectivity index (χ0n) is 72.7. The van der Waals surface area contributed by atoms with Crippen molar-refractivity contribution in [3.8, 4) is 0 Å². The van der Waals surface area contributed by atoms with E-state index >= 15 is 0 Å². The number of H-pyrrole nitrogens is 5. The summed E-state index contributed by atoms with van der Waals surface area (Å²) in [4.78, 5) is 81.3. The molecule has 0 saturated heterocycles. The van der Waals surface area contributed by atoms with Gasteiger partial charge in [-0.3, -0.25) is 34.1 Å². The molecule has 4 aromatic heterocycles. The van der Waals surface area contributed by atoms with Crippen LogP contribution in [0.2, 0.25) is 0 Å². The van der Waals surface area contributed by atoms with Crippen LogP contribution in [0, 0.1) is 29.1 Å². The van der Waals surface area contributed by atoms with Crippen LogP contribution in [0.3, 0.4) is 0 Å². The Morgan fingerprint density at radius 2 is 0.991 bits per heavy atom. The number of aliphatic imine (C=N–C) groups is 2. The summed E-state index contributed by atoms with van der Waals surface area (Å²) < 4.78 is 0. The van der Waals surface area contributed by atoms with Gasteiger partial charge in [0.25, 0.3) is 11.5 Å². The normalized spacial score (nSPS) is 12.2. The van der Waals surface area contributed by atoms with Gasteiger partial charge in [0.2, 0.25) is 0 Å². The summed E-state index contributed by atoms with van der Waals surface area (Å²) in [5.41, 5.74) is 7.17. The van der Waals surface area contributed by atoms with Crippen LogP contribution < -0.4 is 43.3 Å². The Kier molecular flexibility index (Phi) is 93.3. The number of aromatic amines is 5. The highest BCUT2D eigenvalue weighted by molar-refractivity contribution is 6.17. The number of allylic oxidation sites excluding steroid dienone is 9. The molecule has 0 bridgehead atoms. The number of ketones is 1. The number of nitrogens with one attached hydrogen (secondary N) is 10. The lowest BCUT2D eigenvalue weighted by Gasteiger charge is -2.27. The van der Waals surface area contributed by atoms with Crippen LogP contribution in [0.25, 0.3) is 0 Å². The Labute approximate surface area is 656 Å². The fourth-order valence-corrected chi connectivity index (χ4v) is 6.88. The van der Waals surface area contributed by atoms with Gasteiger partial charge >= 0.3 is 5.69 Å². The molecule has 107 heavy (non-hydrogen) atoms. The first-order valence-corrected chi connectivity index (χ1v) is 38.3. The fourth-order valence-electron chi connectivity index (χ4n) is 6.88. The van der Waals surface area contributed by atoms with Crippen molar-refractivity contribution in [2.24, 2.45) is 39.1 Å². The molecule has 0 unspecified atom stereocenters. The number of amidine groups is 2. The van der Waals surface area contributed by atoms with E-state index in [1.165, 1.54) is 23.8 Å². The van der Waals surface area contributed by atoms with Gasteiger partial charge < -0.3 is 41.5 Å². The minimum Gasteiger partial charge on any atom is -0.372 e. The number of amides is 1. The van der Waals surface area contributed by atoms with E-state index in [-0.39, 0.29) is 62.0 Å². The standard InChI is InChI=1S/C9H13N.C9H12O.C8H12N2O.C8H12N2.C8H11NO.C7H10N2O.C6H12N2.C6H10N2.C5H9N3O.9C2H6.3CH4/c1-7(2)9-6-4-5-8(3)10-9;1-6-5-7(8(6)10)9(2,3)4;1-5(2)7-4-8(11)10-6(3)9-7;1-6(2)8-9-5-4-7(3)10-8;1-6(2)8-5-7(10)3-4-9-8;1-5(2)6-3-8-4-7(10)9-6;2*1-5(2)6-7-3-4-8-6;1-3(2)4-6-5(9)8-7-4;9*1-2;;;/h4-7,10H,3H2,1-2H3;5H,1H2,2-4H3;4-5,9H,3H2,1-2H3,(H,10,11);4-6H,3H2,1-2H3,(H,9,10);3-6H,1-2H3,(H,9,10);3-5H,1-2H3,(H,9,10);5H,3-4H2,1-2H3,(H,7,8);3-5H,1-2H3,(H,7,8);3H,1-2H3,(H2,6,7,8,9);9*1-2H3;3*1H4. The highest BCUT2D eigenvalue weighted by Gasteiger charge is 2.31. The molecule has 9 rings (SSSR count). The number of imidazole rings is 1. The molecule has 0 spiro atoms. The number of pyridine rings is 1. The van der Waals surface area contributed by atoms with Crippen molar-refractivity contribution in [3.05, 3.63) is 206 Å². The third-order valence-electron chi connectivity index (χ3n) is 12.1. The number of nitrogens with zero attached hydrogens (tertiary/aromatic N) is 5. The number of carbonyl (C=O) groups excluding carboxylic acids is 2. The zero-order chi connectivity index (χ0) is 83.4. The highest BCUT2D eigenvalue weighted by Crippen LogP contribution is 2.34. The molecule has 20 heteroatoms. The number of rotatable bonds is 8. The first-order chi connectivity index (χ1) is 49.1. The molecule has 620 valence electrons. The van der Waals surface area contributed by atoms with Crippen molar-refractivity contribution in [1.82, 2.24) is 66.7 Å². The minimum atomic E-state index is -0.237. The molecular weight excluding hydrogens is 1340 g/mol. The molecule has 1 aliphatic carbocycles. The van der Waals surface area contributed by atoms with E-state index < -0.39 is 0 Å². The van der Waals surface area contributed by atoms with Gasteiger partial charge in [-0.05, 0) is 53.4 Å². The molecular formula is C87H167N15O5. The van der Waals surface area contributed by atoms with Crippen LogP contribution in [0.1, 0.15) is 325 Å². The van der Waals surface area contributed by atoms with E-state index in [9.17, 15) is 24.0 Å². The maximum atomic E-state index is 11.0. The Balaban J connectivity index is -0.0000000921. The smallest absolute Gasteiger partial charge is 0.340 e. The molecule has 4 aliphatic heterocycles. The molecule has 0 atom stereocenters. The number of carbonyl (C=O) groups is 2. The predicted molar refractivity (Wildman–Crippen MR) is 477 cm³/mol. The van der Waals surface area contributed by atoms with Gasteiger partial charge in [0.05, 0.1) is 18.6 Å². The lowest BCUT2D eigenvalue weighted by Crippen LogP contribution is -2.36. The van der Waals surface area contributed by atoms with Crippen molar-refractivity contribution in [2.75, 3.05) is 13.1 Å². The second-order valence-electron chi connectivity index (χ2n) is 23.8. The van der Waals surface area contributed by atoms with Crippen LogP contribution >= 0.6 is 0 Å². The monoisotopic (exact) mass is 1500 g/mol. The second-order valence-corrected chi connectivity index (χ2v) is 23.8. The van der Waals surface area contributed by atoms with E-state index in [4.69, 9.17) is 0 Å². The molecule has 8 heterocycles. The molecule has 1 amide bonds. The van der Waals surface area contributed by atoms with Crippen molar-refractivity contribution < 1.29 is 9.59 Å². The average molecular weight is 1500 g/mol. The summed E-state index contributed by atoms with van der Waals surface area (Å²) in [6.45, 7) is 92.0. The first kappa shape index (κ1) is 125. The van der Waals surface area contributed by atoms with Crippen molar-refractivity contribution in [2.45, 2.75) is 302 Å². The Hall–Kier alpha value is -8.68. The third kappa shape index (κ3) is 65.4. The maximum Gasteiger partial charge on any atom is 0.340 e. The van der Waals surface area contributed by atoms with Gasteiger partial charge in [-0.25, -0.2) is 19.9 Å². The van der Waals surface area contributed by atoms with E-state index in [1.54, 1.807) is 36.9 Å². The van der Waals surface area contributed by atoms with Crippen molar-refractivity contribution in [1.29, 1.82) is 0 Å². The lowest BCUT2D eigenvalue weighted by molar-refractivity contribution is -0.116. The number of dihydropyridines is 1. The van der Waals surface area contributed by atoms with Gasteiger partial charge in [-0.2, -0.15) is 5.10 Å². The fraction of sp³-hybridized carbons (Fsp3) is 0.586. The van der Waals surface area contributed by atoms with Crippen molar-refractivity contribution >= 4 is 23.4 Å². The summed E-state index contributed by atoms with van der Waals surface area (Å²) >= 11 is 0. The maximum absolute atomic E-state index is 11.0. The summed E-state index contributed by atoms with van der Waals surface area (Å²) in [5, 5.41) is 21.0. The van der Waals surface area contributed by atoms with Crippen molar-refractivity contribution in [3.63, 3.8) is 0 Å². The number of aromatic nitrogens is 8. The largest absolute Gasteiger partial charge is 0.372 e. The molecule has 4 aromatic rings. The molecule has 0 fully saturated rings. The van der Waals surface area contributed by atoms with Crippen LogP contribution in [-0.4, -0.2) is 76.6 Å². The molecule has 20 nitrogen and oxygen atoms in total. The van der Waals surface area contributed by atoms with E-state index in [1.807, 2.05) is 231 Å². The molecule has 0 radical (unpaired) electrons. The summed E-state index contributed by atoms with van der Waals surface area (Å²) in [5.74, 6) is 7.97. The minimum absolute atomic E-state index is 0. The Bertz CT molecular complexity index is 3110. The van der Waals surface area contributed by atoms with E-state index in [0.717, 1.165) is 58.8 Å². The van der Waals surface area contributed by atoms with E-state index in [0.29, 0.717) is 58.6 Å². The third-order valence-corrected chi connectivity index (χ3v) is 12.1. The number of hydrogen-bond donors (Lipinski definition) is 10. The zero-order valence-corrected chi connectivity index (χ0v) is 72.7. The SMILES string of the molecule is C.C.C.C=C1C=C(C(C)(C)C)C1=O.C=C1C=CC=C(C(C)C)N1.C=C1C=CN=C(C(C)C)N1.C=C1NC(=O)C=C(C(C)C)N1.CC.CC.CC.CC.CC.CC.CC.CC.CC.CC(C)C1=NCCN1.CC(C)c1cc(=O)cc[nH]1.CC(C)c1cncc(=O)[nH]1.CC(C)c1n[nH]c(=O)[nH]1.CC(C)c1ncc[nH]1. The summed E-state index contributed by atoms with van der Waals surface area (Å²) in [7, 11) is 0. The van der Waals surface area contributed by atoms with Crippen LogP contribution in [0.4, 0.5) is 0 Å². The Morgan fingerprint density at radius 1 is 0.495 bits per heavy atom. The second kappa shape index (κ2) is 79.9. The van der Waals surface area contributed by atoms with Gasteiger partial charge in [-0.1, -0.05) is 311 Å². The van der Waals surface area contributed by atoms with Gasteiger partial charge in [0, 0.05) is 125 Å². The number of Topliss-reactive ketones (excluding diaryl/α,β-unsaturated/α-hetero) is 1. The van der Waals surface area contributed by atoms with Gasteiger partial charge in [0.15, 0.2) is 11.2 Å². The predicted octanol–water partition coefficient (Wildman–Crippen LogP) is 22.6. The summed E-state index contributed by atoms with van der Waals surface area (Å²) in [6.07, 6.45) is 21.3. The molecule has 0 saturated carbocycles. The quantitative estimate of drug-likeness (QED) is 0.0737. The summed E-state index contributed by atoms with van der Waals surface area (Å²) in [6, 6.07) is 3.15. The molecule has 5 aliphatic rings. The highest BCUT2D eigenvalue weighted by atomic mass is 16.2. The average Bonchev–Trinajstić information content (AvgIpc) is 1.31. The lowest BCUT2D eigenvalue weighted by atomic mass is 9.75. The van der Waals surface area contributed by atoms with E-state index in [2.05, 4.69) is 164 Å². The van der Waals surface area contributed by atoms with Crippen LogP contribution in [-0.2, 0) is 9.59 Å². The van der Waals surface area contributed by atoms with Crippen LogP contribution in [0.5, 0.6) is 0 Å². The Morgan fingerprint density at radius 3 is 1.25 bits per heavy atom.